The van der Waals surface area contributed by atoms with Crippen LogP contribution in [-0.2, 0) is 0 Å². The monoisotopic (exact) mass is 520 g/mol. The van der Waals surface area contributed by atoms with Gasteiger partial charge in [-0.2, -0.15) is 0 Å². The maximum absolute atomic E-state index is 13.7. The first-order chi connectivity index (χ1) is 16.0. The number of anilines is 1. The molecule has 0 aliphatic carbocycles. The fourth-order valence-electron chi connectivity index (χ4n) is 4.64. The zero-order valence-corrected chi connectivity index (χ0v) is 20.6. The summed E-state index contributed by atoms with van der Waals surface area (Å²) in [5.74, 6) is -0.276. The van der Waals surface area contributed by atoms with Crippen molar-refractivity contribution in [1.82, 2.24) is 14.9 Å². The Morgan fingerprint density at radius 3 is 2.42 bits per heavy atom. The van der Waals surface area contributed by atoms with Crippen molar-refractivity contribution in [3.8, 4) is 5.69 Å². The molecule has 3 heterocycles. The van der Waals surface area contributed by atoms with Crippen LogP contribution in [0.1, 0.15) is 34.7 Å². The van der Waals surface area contributed by atoms with Crippen LogP contribution in [0.2, 0.25) is 0 Å². The minimum Gasteiger partial charge on any atom is -0.351 e. The molecule has 2 atom stereocenters. The number of pyridine rings is 1. The molecular weight excluding hydrogens is 499 g/mol. The maximum Gasteiger partial charge on any atom is 0.174 e. The van der Waals surface area contributed by atoms with Gasteiger partial charge in [0.1, 0.15) is 5.82 Å². The number of nitrogens with zero attached hydrogens (tertiary/aromatic N) is 3. The van der Waals surface area contributed by atoms with Crippen molar-refractivity contribution in [2.24, 2.45) is 0 Å². The minimum absolute atomic E-state index is 0.153. The van der Waals surface area contributed by atoms with E-state index < -0.39 is 0 Å². The molecule has 1 aliphatic rings. The van der Waals surface area contributed by atoms with Gasteiger partial charge in [-0.05, 0) is 102 Å². The Labute approximate surface area is 206 Å². The molecule has 0 unspecified atom stereocenters. The Morgan fingerprint density at radius 1 is 1.00 bits per heavy atom. The molecule has 4 aromatic rings. The molecule has 5 rings (SSSR count). The predicted octanol–water partition coefficient (Wildman–Crippen LogP) is 6.57. The lowest BCUT2D eigenvalue weighted by molar-refractivity contribution is 0.565. The number of rotatable bonds is 4. The number of aromatic nitrogens is 2. The number of hydrogen-bond donors (Lipinski definition) is 1. The van der Waals surface area contributed by atoms with Crippen LogP contribution in [0.25, 0.3) is 5.69 Å². The van der Waals surface area contributed by atoms with Gasteiger partial charge in [0.05, 0.1) is 23.5 Å². The third kappa shape index (κ3) is 3.85. The van der Waals surface area contributed by atoms with Crippen molar-refractivity contribution in [3.05, 3.63) is 112 Å². The largest absolute Gasteiger partial charge is 0.351 e. The Morgan fingerprint density at radius 2 is 1.73 bits per heavy atom. The van der Waals surface area contributed by atoms with Crippen molar-refractivity contribution >= 4 is 38.9 Å². The summed E-state index contributed by atoms with van der Waals surface area (Å²) >= 11 is 9.48. The molecule has 0 spiro atoms. The van der Waals surface area contributed by atoms with Gasteiger partial charge in [0.2, 0.25) is 0 Å². The Kier molecular flexibility index (Phi) is 5.76. The highest BCUT2D eigenvalue weighted by molar-refractivity contribution is 9.10. The minimum atomic E-state index is -0.276. The normalized spacial score (nSPS) is 17.9. The number of thiocarbonyl (C=S) groups is 1. The van der Waals surface area contributed by atoms with Gasteiger partial charge in [-0.25, -0.2) is 4.39 Å². The smallest absolute Gasteiger partial charge is 0.174 e. The van der Waals surface area contributed by atoms with Crippen molar-refractivity contribution in [1.29, 1.82) is 0 Å². The third-order valence-electron chi connectivity index (χ3n) is 6.09. The van der Waals surface area contributed by atoms with E-state index in [1.54, 1.807) is 18.3 Å². The quantitative estimate of drug-likeness (QED) is 0.308. The molecule has 2 aromatic carbocycles. The van der Waals surface area contributed by atoms with Crippen LogP contribution in [0, 0.1) is 19.7 Å². The zero-order chi connectivity index (χ0) is 23.1. The number of para-hydroxylation sites is 1. The van der Waals surface area contributed by atoms with Crippen LogP contribution >= 0.6 is 28.1 Å². The standard InChI is InChI=1S/C26H22BrFN4S/c1-16-15-20(17(2)31(16)23-9-4-3-7-21(23)27)25-24(22-8-5-6-14-29-22)30-26(33)32(25)19-12-10-18(28)11-13-19/h3-15,24-25H,1-2H3,(H,30,33)/t24-,25-/m1/s1. The van der Waals surface area contributed by atoms with E-state index in [-0.39, 0.29) is 17.9 Å². The molecule has 1 N–H and O–H groups in total. The van der Waals surface area contributed by atoms with Crippen molar-refractivity contribution in [3.63, 3.8) is 0 Å². The summed E-state index contributed by atoms with van der Waals surface area (Å²) in [4.78, 5) is 6.69. The number of halogens is 2. The molecule has 7 heteroatoms. The van der Waals surface area contributed by atoms with E-state index in [4.69, 9.17) is 12.2 Å². The SMILES string of the molecule is Cc1cc([C@@H]2[C@@H](c3ccccn3)NC(=S)N2c2ccc(F)cc2)c(C)n1-c1ccccc1Br. The van der Waals surface area contributed by atoms with Crippen LogP contribution in [-0.4, -0.2) is 14.7 Å². The van der Waals surface area contributed by atoms with Gasteiger partial charge in [-0.1, -0.05) is 18.2 Å². The molecule has 0 amide bonds. The molecule has 0 radical (unpaired) electrons. The molecule has 33 heavy (non-hydrogen) atoms. The van der Waals surface area contributed by atoms with Crippen LogP contribution < -0.4 is 10.2 Å². The highest BCUT2D eigenvalue weighted by Crippen LogP contribution is 2.44. The number of hydrogen-bond acceptors (Lipinski definition) is 2. The first kappa shape index (κ1) is 21.8. The third-order valence-corrected chi connectivity index (χ3v) is 7.07. The van der Waals surface area contributed by atoms with Crippen LogP contribution in [0.15, 0.2) is 83.5 Å². The molecule has 1 saturated heterocycles. The lowest BCUT2D eigenvalue weighted by Crippen LogP contribution is -2.29. The van der Waals surface area contributed by atoms with Gasteiger partial charge in [-0.3, -0.25) is 4.98 Å². The Balaban J connectivity index is 1.69. The Bertz CT molecular complexity index is 1320. The number of nitrogens with one attached hydrogen (secondary N) is 1. The molecule has 1 aliphatic heterocycles. The summed E-state index contributed by atoms with van der Waals surface area (Å²) in [5.41, 5.74) is 6.18. The van der Waals surface area contributed by atoms with Gasteiger partial charge >= 0.3 is 0 Å². The fourth-order valence-corrected chi connectivity index (χ4v) is 5.45. The highest BCUT2D eigenvalue weighted by Gasteiger charge is 2.42. The number of benzene rings is 2. The number of aryl methyl sites for hydroxylation is 1. The van der Waals surface area contributed by atoms with Gasteiger partial charge < -0.3 is 14.8 Å². The maximum atomic E-state index is 13.7. The van der Waals surface area contributed by atoms with E-state index in [1.165, 1.54) is 12.1 Å². The van der Waals surface area contributed by atoms with Crippen LogP contribution in [0.4, 0.5) is 10.1 Å². The summed E-state index contributed by atoms with van der Waals surface area (Å²) in [6.07, 6.45) is 1.79. The van der Waals surface area contributed by atoms with E-state index in [9.17, 15) is 4.39 Å². The van der Waals surface area contributed by atoms with Crippen molar-refractivity contribution in [2.75, 3.05) is 4.90 Å². The van der Waals surface area contributed by atoms with Gasteiger partial charge in [-0.15, -0.1) is 0 Å². The summed E-state index contributed by atoms with van der Waals surface area (Å²) in [6.45, 7) is 4.23. The first-order valence-corrected chi connectivity index (χ1v) is 11.9. The second kappa shape index (κ2) is 8.72. The molecular formula is C26H22BrFN4S. The van der Waals surface area contributed by atoms with E-state index in [1.807, 2.05) is 36.4 Å². The molecule has 2 aromatic heterocycles. The van der Waals surface area contributed by atoms with Crippen molar-refractivity contribution in [2.45, 2.75) is 25.9 Å². The lowest BCUT2D eigenvalue weighted by atomic mass is 9.96. The first-order valence-electron chi connectivity index (χ1n) is 10.7. The summed E-state index contributed by atoms with van der Waals surface area (Å²) in [5, 5.41) is 4.06. The van der Waals surface area contributed by atoms with E-state index >= 15 is 0 Å². The Hall–Kier alpha value is -3.03. The van der Waals surface area contributed by atoms with Crippen LogP contribution in [0.3, 0.4) is 0 Å². The molecule has 0 bridgehead atoms. The highest BCUT2D eigenvalue weighted by atomic mass is 79.9. The second-order valence-electron chi connectivity index (χ2n) is 8.09. The second-order valence-corrected chi connectivity index (χ2v) is 9.33. The molecule has 1 fully saturated rings. The summed E-state index contributed by atoms with van der Waals surface area (Å²) in [6, 6.07) is 22.4. The average molecular weight is 521 g/mol. The van der Waals surface area contributed by atoms with E-state index in [0.717, 1.165) is 38.5 Å². The lowest BCUT2D eigenvalue weighted by Gasteiger charge is -2.28. The van der Waals surface area contributed by atoms with Crippen molar-refractivity contribution < 1.29 is 4.39 Å². The van der Waals surface area contributed by atoms with Gasteiger partial charge in [0.25, 0.3) is 0 Å². The summed E-state index contributed by atoms with van der Waals surface area (Å²) in [7, 11) is 0. The fraction of sp³-hybridized carbons (Fsp3) is 0.154. The van der Waals surface area contributed by atoms with E-state index in [2.05, 4.69) is 61.7 Å². The molecule has 0 saturated carbocycles. The average Bonchev–Trinajstić information content (AvgIpc) is 3.31. The summed E-state index contributed by atoms with van der Waals surface area (Å²) < 4.78 is 17.0. The predicted molar refractivity (Wildman–Crippen MR) is 137 cm³/mol. The van der Waals surface area contributed by atoms with Gasteiger partial charge in [0, 0.05) is 27.7 Å². The van der Waals surface area contributed by atoms with Gasteiger partial charge in [0.15, 0.2) is 5.11 Å². The topological polar surface area (TPSA) is 33.1 Å². The zero-order valence-electron chi connectivity index (χ0n) is 18.2. The molecule has 166 valence electrons. The van der Waals surface area contributed by atoms with E-state index in [0.29, 0.717) is 5.11 Å². The van der Waals surface area contributed by atoms with Crippen LogP contribution in [0.5, 0.6) is 0 Å². The molecule has 4 nitrogen and oxygen atoms in total.